The number of methoxy groups -OCH3 is 1. The van der Waals surface area contributed by atoms with Crippen molar-refractivity contribution >= 4 is 10.9 Å². The highest BCUT2D eigenvalue weighted by Crippen LogP contribution is 2.34. The van der Waals surface area contributed by atoms with E-state index < -0.39 is 0 Å². The number of hydrogen-bond acceptors (Lipinski definition) is 3. The first-order valence-corrected chi connectivity index (χ1v) is 8.02. The molecule has 1 saturated carbocycles. The highest BCUT2D eigenvalue weighted by molar-refractivity contribution is 5.92. The van der Waals surface area contributed by atoms with Gasteiger partial charge in [-0.25, -0.2) is 0 Å². The fourth-order valence-electron chi connectivity index (χ4n) is 3.50. The molecule has 4 rings (SSSR count). The Balaban J connectivity index is 1.97. The second-order valence-electron chi connectivity index (χ2n) is 6.03. The van der Waals surface area contributed by atoms with Crippen LogP contribution in [0.5, 0.6) is 5.75 Å². The molecule has 23 heavy (non-hydrogen) atoms. The van der Waals surface area contributed by atoms with Crippen molar-refractivity contribution in [2.45, 2.75) is 31.7 Å². The molecule has 2 heterocycles. The van der Waals surface area contributed by atoms with E-state index in [0.717, 1.165) is 35.4 Å². The predicted octanol–water partition coefficient (Wildman–Crippen LogP) is 3.52. The van der Waals surface area contributed by atoms with Crippen molar-refractivity contribution in [1.29, 1.82) is 0 Å². The maximum Gasteiger partial charge on any atom is 0.259 e. The number of aromatic nitrogens is 3. The highest BCUT2D eigenvalue weighted by Gasteiger charge is 2.23. The summed E-state index contributed by atoms with van der Waals surface area (Å²) in [5, 5.41) is 5.48. The topological polar surface area (TPSA) is 59.9 Å². The lowest BCUT2D eigenvalue weighted by atomic mass is 10.1. The van der Waals surface area contributed by atoms with E-state index in [-0.39, 0.29) is 5.56 Å². The molecule has 1 aromatic carbocycles. The summed E-state index contributed by atoms with van der Waals surface area (Å²) in [7, 11) is 1.64. The largest absolute Gasteiger partial charge is 0.497 e. The number of aromatic amines is 1. The van der Waals surface area contributed by atoms with Crippen LogP contribution in [0.15, 0.2) is 41.3 Å². The number of nitrogens with one attached hydrogen (secondary N) is 1. The van der Waals surface area contributed by atoms with Gasteiger partial charge in [0.2, 0.25) is 0 Å². The minimum absolute atomic E-state index is 0.0930. The van der Waals surface area contributed by atoms with E-state index in [1.807, 2.05) is 35.0 Å². The number of H-pyrrole nitrogens is 1. The zero-order valence-electron chi connectivity index (χ0n) is 13.1. The fraction of sp³-hybridized carbons (Fsp3) is 0.333. The molecule has 1 fully saturated rings. The Kier molecular flexibility index (Phi) is 3.41. The smallest absolute Gasteiger partial charge is 0.259 e. The summed E-state index contributed by atoms with van der Waals surface area (Å²) in [5.41, 5.74) is 2.46. The van der Waals surface area contributed by atoms with E-state index in [1.165, 1.54) is 12.8 Å². The monoisotopic (exact) mass is 309 g/mol. The third-order valence-corrected chi connectivity index (χ3v) is 4.64. The van der Waals surface area contributed by atoms with Crippen LogP contribution in [-0.2, 0) is 0 Å². The summed E-state index contributed by atoms with van der Waals surface area (Å²) in [6.07, 6.45) is 6.41. The molecule has 118 valence electrons. The van der Waals surface area contributed by atoms with E-state index in [1.54, 1.807) is 13.3 Å². The van der Waals surface area contributed by atoms with Gasteiger partial charge in [-0.1, -0.05) is 25.0 Å². The van der Waals surface area contributed by atoms with Crippen LogP contribution in [-0.4, -0.2) is 21.9 Å². The summed E-state index contributed by atoms with van der Waals surface area (Å²) in [6, 6.07) is 10.0. The molecule has 1 N–H and O–H groups in total. The van der Waals surface area contributed by atoms with Crippen molar-refractivity contribution in [2.24, 2.45) is 0 Å². The van der Waals surface area contributed by atoms with E-state index >= 15 is 0 Å². The molecule has 0 spiro atoms. The lowest BCUT2D eigenvalue weighted by Crippen LogP contribution is -2.08. The minimum Gasteiger partial charge on any atom is -0.497 e. The molecule has 1 aliphatic carbocycles. The van der Waals surface area contributed by atoms with Gasteiger partial charge in [0, 0.05) is 11.8 Å². The molecule has 2 aromatic heterocycles. The van der Waals surface area contributed by atoms with Crippen LogP contribution in [0.4, 0.5) is 0 Å². The third-order valence-electron chi connectivity index (χ3n) is 4.64. The quantitative estimate of drug-likeness (QED) is 0.805. The van der Waals surface area contributed by atoms with Crippen molar-refractivity contribution in [1.82, 2.24) is 14.8 Å². The highest BCUT2D eigenvalue weighted by atomic mass is 16.5. The minimum atomic E-state index is -0.0930. The number of nitrogens with zero attached hydrogens (tertiary/aromatic N) is 2. The number of rotatable bonds is 3. The maximum absolute atomic E-state index is 12.4. The van der Waals surface area contributed by atoms with Crippen LogP contribution >= 0.6 is 0 Å². The average Bonchev–Trinajstić information content (AvgIpc) is 3.23. The second-order valence-corrected chi connectivity index (χ2v) is 6.03. The van der Waals surface area contributed by atoms with Crippen LogP contribution in [0.2, 0.25) is 0 Å². The van der Waals surface area contributed by atoms with E-state index in [0.29, 0.717) is 11.4 Å². The zero-order chi connectivity index (χ0) is 15.8. The van der Waals surface area contributed by atoms with Gasteiger partial charge in [-0.2, -0.15) is 5.10 Å². The van der Waals surface area contributed by atoms with Gasteiger partial charge in [0.1, 0.15) is 11.4 Å². The van der Waals surface area contributed by atoms with Crippen LogP contribution in [0.3, 0.4) is 0 Å². The van der Waals surface area contributed by atoms with E-state index in [4.69, 9.17) is 9.84 Å². The van der Waals surface area contributed by atoms with Gasteiger partial charge in [0.25, 0.3) is 5.56 Å². The number of pyridine rings is 1. The molecule has 0 radical (unpaired) electrons. The molecular weight excluding hydrogens is 290 g/mol. The van der Waals surface area contributed by atoms with Crippen LogP contribution in [0, 0.1) is 0 Å². The van der Waals surface area contributed by atoms with Crippen molar-refractivity contribution in [2.75, 3.05) is 7.11 Å². The normalized spacial score (nSPS) is 15.3. The van der Waals surface area contributed by atoms with Gasteiger partial charge in [-0.15, -0.1) is 0 Å². The van der Waals surface area contributed by atoms with Crippen molar-refractivity contribution in [3.63, 3.8) is 0 Å². The molecule has 1 aliphatic rings. The summed E-state index contributed by atoms with van der Waals surface area (Å²) in [4.78, 5) is 15.2. The standard InChI is InChI=1S/C18H19N3O2/c1-23-14-8-4-5-12(11-14)17-16-15(9-10-19-18(16)22)21(20-17)13-6-2-3-7-13/h4-5,8-11,13H,2-3,6-7H2,1H3,(H,19,22). The first kappa shape index (κ1) is 14.1. The van der Waals surface area contributed by atoms with Crippen molar-refractivity contribution in [3.05, 3.63) is 46.9 Å². The Bertz CT molecular complexity index is 904. The van der Waals surface area contributed by atoms with Gasteiger partial charge in [-0.05, 0) is 31.0 Å². The fourth-order valence-corrected chi connectivity index (χ4v) is 3.50. The van der Waals surface area contributed by atoms with Crippen molar-refractivity contribution in [3.8, 4) is 17.0 Å². The summed E-state index contributed by atoms with van der Waals surface area (Å²) >= 11 is 0. The molecule has 0 amide bonds. The van der Waals surface area contributed by atoms with Gasteiger partial charge in [0.05, 0.1) is 24.1 Å². The predicted molar refractivity (Wildman–Crippen MR) is 89.8 cm³/mol. The van der Waals surface area contributed by atoms with Gasteiger partial charge in [-0.3, -0.25) is 9.48 Å². The lowest BCUT2D eigenvalue weighted by Gasteiger charge is -2.10. The molecule has 0 unspecified atom stereocenters. The van der Waals surface area contributed by atoms with Gasteiger partial charge in [0.15, 0.2) is 0 Å². The molecule has 5 nitrogen and oxygen atoms in total. The van der Waals surface area contributed by atoms with E-state index in [2.05, 4.69) is 4.98 Å². The molecule has 5 heteroatoms. The number of ether oxygens (including phenoxy) is 1. The Morgan fingerprint density at radius 3 is 2.87 bits per heavy atom. The SMILES string of the molecule is COc1cccc(-c2nn(C3CCCC3)c3cc[nH]c(=O)c23)c1. The average molecular weight is 309 g/mol. The third kappa shape index (κ3) is 2.32. The number of benzene rings is 1. The van der Waals surface area contributed by atoms with Gasteiger partial charge >= 0.3 is 0 Å². The van der Waals surface area contributed by atoms with Crippen LogP contribution < -0.4 is 10.3 Å². The first-order valence-electron chi connectivity index (χ1n) is 8.02. The summed E-state index contributed by atoms with van der Waals surface area (Å²) < 4.78 is 7.35. The molecule has 3 aromatic rings. The van der Waals surface area contributed by atoms with Crippen LogP contribution in [0.25, 0.3) is 22.2 Å². The zero-order valence-corrected chi connectivity index (χ0v) is 13.1. The molecule has 0 atom stereocenters. The lowest BCUT2D eigenvalue weighted by molar-refractivity contribution is 0.415. The molecule has 0 aliphatic heterocycles. The van der Waals surface area contributed by atoms with Gasteiger partial charge < -0.3 is 9.72 Å². The maximum atomic E-state index is 12.4. The Morgan fingerprint density at radius 1 is 1.26 bits per heavy atom. The summed E-state index contributed by atoms with van der Waals surface area (Å²) in [6.45, 7) is 0. The Morgan fingerprint density at radius 2 is 2.09 bits per heavy atom. The van der Waals surface area contributed by atoms with Crippen LogP contribution in [0.1, 0.15) is 31.7 Å². The number of hydrogen-bond donors (Lipinski definition) is 1. The molecule has 0 bridgehead atoms. The van der Waals surface area contributed by atoms with E-state index in [9.17, 15) is 4.79 Å². The second kappa shape index (κ2) is 5.57. The Labute approximate surface area is 133 Å². The molecule has 0 saturated heterocycles. The summed E-state index contributed by atoms with van der Waals surface area (Å²) in [5.74, 6) is 0.762. The first-order chi connectivity index (χ1) is 11.3. The Hall–Kier alpha value is -2.56. The van der Waals surface area contributed by atoms with Crippen molar-refractivity contribution < 1.29 is 4.74 Å². The molecular formula is C18H19N3O2. The number of fused-ring (bicyclic) bond motifs is 1.